The molecule has 3 rings (SSSR count). The summed E-state index contributed by atoms with van der Waals surface area (Å²) in [4.78, 5) is 30.5. The number of likely N-dealkylation sites (N-methyl/N-ethyl adjacent to an activating group) is 1. The molecular weight excluding hydrogens is 455 g/mol. The van der Waals surface area contributed by atoms with Gasteiger partial charge in [-0.05, 0) is 61.3 Å². The van der Waals surface area contributed by atoms with Crippen LogP contribution in [0.1, 0.15) is 24.8 Å². The van der Waals surface area contributed by atoms with Gasteiger partial charge in [-0.25, -0.2) is 4.39 Å². The van der Waals surface area contributed by atoms with E-state index in [2.05, 4.69) is 0 Å². The summed E-state index contributed by atoms with van der Waals surface area (Å²) in [6.07, 6.45) is 4.96. The third-order valence-corrected chi connectivity index (χ3v) is 7.92. The van der Waals surface area contributed by atoms with Crippen LogP contribution in [0.15, 0.2) is 59.5 Å². The van der Waals surface area contributed by atoms with Crippen molar-refractivity contribution in [2.45, 2.75) is 36.6 Å². The van der Waals surface area contributed by atoms with E-state index in [1.807, 2.05) is 65.6 Å². The second kappa shape index (κ2) is 13.0. The summed E-state index contributed by atoms with van der Waals surface area (Å²) in [5, 5.41) is 0. The average Bonchev–Trinajstić information content (AvgIpc) is 2.85. The first-order valence-corrected chi connectivity index (χ1v) is 13.8. The summed E-state index contributed by atoms with van der Waals surface area (Å²) in [6, 6.07) is 16.6. The number of rotatable bonds is 10. The first kappa shape index (κ1) is 25.6. The zero-order chi connectivity index (χ0) is 23.6. The molecule has 2 aromatic rings. The number of halogens is 1. The Morgan fingerprint density at radius 1 is 1.09 bits per heavy atom. The minimum Gasteiger partial charge on any atom is -0.342 e. The van der Waals surface area contributed by atoms with Gasteiger partial charge in [0.05, 0.1) is 5.75 Å². The van der Waals surface area contributed by atoms with E-state index in [1.54, 1.807) is 23.5 Å². The summed E-state index contributed by atoms with van der Waals surface area (Å²) in [5.74, 6) is 1.62. The van der Waals surface area contributed by atoms with Crippen molar-refractivity contribution < 1.29 is 14.0 Å². The largest absolute Gasteiger partial charge is 0.342 e. The number of carbonyl (C=O) groups is 2. The zero-order valence-electron chi connectivity index (χ0n) is 19.4. The van der Waals surface area contributed by atoms with Gasteiger partial charge in [-0.1, -0.05) is 30.3 Å². The molecule has 178 valence electrons. The van der Waals surface area contributed by atoms with E-state index in [1.165, 1.54) is 12.1 Å². The lowest BCUT2D eigenvalue weighted by Gasteiger charge is -2.40. The molecule has 0 spiro atoms. The first-order chi connectivity index (χ1) is 16.0. The predicted molar refractivity (Wildman–Crippen MR) is 136 cm³/mol. The zero-order valence-corrected chi connectivity index (χ0v) is 21.0. The van der Waals surface area contributed by atoms with Crippen LogP contribution in [-0.4, -0.2) is 65.6 Å². The SMILES string of the molecule is CSCCC(=O)N(C)[C@@H](Cc1ccc(F)cc1)C1CCN(C(=O)CSc2ccccc2)CC1. The van der Waals surface area contributed by atoms with Crippen molar-refractivity contribution in [2.24, 2.45) is 5.92 Å². The molecule has 33 heavy (non-hydrogen) atoms. The van der Waals surface area contributed by atoms with Crippen LogP contribution in [0.4, 0.5) is 4.39 Å². The van der Waals surface area contributed by atoms with Crippen molar-refractivity contribution in [2.75, 3.05) is 37.9 Å². The van der Waals surface area contributed by atoms with Crippen molar-refractivity contribution in [3.63, 3.8) is 0 Å². The van der Waals surface area contributed by atoms with E-state index in [0.717, 1.165) is 29.1 Å². The maximum atomic E-state index is 13.4. The molecule has 0 aromatic heterocycles. The summed E-state index contributed by atoms with van der Waals surface area (Å²) in [6.45, 7) is 1.43. The maximum Gasteiger partial charge on any atom is 0.232 e. The molecular formula is C26H33FN2O2S2. The van der Waals surface area contributed by atoms with Gasteiger partial charge in [0.15, 0.2) is 0 Å². The fourth-order valence-corrected chi connectivity index (χ4v) is 5.52. The Kier molecular flexibility index (Phi) is 10.1. The number of hydrogen-bond acceptors (Lipinski definition) is 4. The van der Waals surface area contributed by atoms with Crippen LogP contribution in [0.3, 0.4) is 0 Å². The van der Waals surface area contributed by atoms with E-state index in [0.29, 0.717) is 37.6 Å². The Balaban J connectivity index is 1.60. The summed E-state index contributed by atoms with van der Waals surface area (Å²) in [5.41, 5.74) is 1.03. The Morgan fingerprint density at radius 2 is 1.76 bits per heavy atom. The van der Waals surface area contributed by atoms with Crippen LogP contribution in [0, 0.1) is 11.7 Å². The van der Waals surface area contributed by atoms with Gasteiger partial charge in [0.2, 0.25) is 11.8 Å². The van der Waals surface area contributed by atoms with Crippen molar-refractivity contribution in [1.29, 1.82) is 0 Å². The van der Waals surface area contributed by atoms with E-state index in [4.69, 9.17) is 0 Å². The van der Waals surface area contributed by atoms with E-state index < -0.39 is 0 Å². The fourth-order valence-electron chi connectivity index (χ4n) is 4.32. The highest BCUT2D eigenvalue weighted by Gasteiger charge is 2.32. The molecule has 2 aromatic carbocycles. The average molecular weight is 489 g/mol. The lowest BCUT2D eigenvalue weighted by atomic mass is 9.85. The monoisotopic (exact) mass is 488 g/mol. The molecule has 1 saturated heterocycles. The number of likely N-dealkylation sites (tertiary alicyclic amines) is 1. The minimum absolute atomic E-state index is 0.0424. The maximum absolute atomic E-state index is 13.4. The highest BCUT2D eigenvalue weighted by atomic mass is 32.2. The molecule has 0 aliphatic carbocycles. The minimum atomic E-state index is -0.250. The van der Waals surface area contributed by atoms with E-state index in [-0.39, 0.29) is 23.7 Å². The predicted octanol–water partition coefficient (Wildman–Crippen LogP) is 4.98. The third kappa shape index (κ3) is 7.78. The lowest BCUT2D eigenvalue weighted by molar-refractivity contribution is -0.135. The normalized spacial score (nSPS) is 15.3. The summed E-state index contributed by atoms with van der Waals surface area (Å²) >= 11 is 3.24. The Hall–Kier alpha value is -1.99. The Bertz CT molecular complexity index is 887. The summed E-state index contributed by atoms with van der Waals surface area (Å²) in [7, 11) is 1.89. The highest BCUT2D eigenvalue weighted by molar-refractivity contribution is 8.00. The van der Waals surface area contributed by atoms with Crippen molar-refractivity contribution in [1.82, 2.24) is 9.80 Å². The number of piperidine rings is 1. The van der Waals surface area contributed by atoms with Gasteiger partial charge in [-0.2, -0.15) is 11.8 Å². The number of amides is 2. The van der Waals surface area contributed by atoms with Crippen LogP contribution >= 0.6 is 23.5 Å². The van der Waals surface area contributed by atoms with Crippen molar-refractivity contribution in [3.05, 3.63) is 66.0 Å². The number of thioether (sulfide) groups is 2. The van der Waals surface area contributed by atoms with E-state index in [9.17, 15) is 14.0 Å². The van der Waals surface area contributed by atoms with Crippen LogP contribution in [-0.2, 0) is 16.0 Å². The third-order valence-electron chi connectivity index (χ3n) is 6.31. The van der Waals surface area contributed by atoms with Gasteiger partial charge < -0.3 is 9.80 Å². The molecule has 0 N–H and O–H groups in total. The molecule has 1 aliphatic rings. The Morgan fingerprint density at radius 3 is 2.39 bits per heavy atom. The van der Waals surface area contributed by atoms with Crippen LogP contribution in [0.25, 0.3) is 0 Å². The molecule has 0 unspecified atom stereocenters. The number of hydrogen-bond donors (Lipinski definition) is 0. The van der Waals surface area contributed by atoms with Crippen LogP contribution in [0.5, 0.6) is 0 Å². The molecule has 1 heterocycles. The van der Waals surface area contributed by atoms with Crippen LogP contribution in [0.2, 0.25) is 0 Å². The van der Waals surface area contributed by atoms with Gasteiger partial charge in [-0.15, -0.1) is 11.8 Å². The molecule has 0 bridgehead atoms. The number of nitrogens with zero attached hydrogens (tertiary/aromatic N) is 2. The smallest absolute Gasteiger partial charge is 0.232 e. The molecule has 7 heteroatoms. The Labute approximate surface area is 205 Å². The quantitative estimate of drug-likeness (QED) is 0.443. The van der Waals surface area contributed by atoms with Gasteiger partial charge >= 0.3 is 0 Å². The molecule has 1 aliphatic heterocycles. The van der Waals surface area contributed by atoms with Crippen molar-refractivity contribution in [3.8, 4) is 0 Å². The second-order valence-electron chi connectivity index (χ2n) is 8.47. The second-order valence-corrected chi connectivity index (χ2v) is 10.5. The first-order valence-electron chi connectivity index (χ1n) is 11.4. The molecule has 0 saturated carbocycles. The topological polar surface area (TPSA) is 40.6 Å². The van der Waals surface area contributed by atoms with Gasteiger partial charge in [0.25, 0.3) is 0 Å². The molecule has 0 radical (unpaired) electrons. The molecule has 1 fully saturated rings. The van der Waals surface area contributed by atoms with Crippen LogP contribution < -0.4 is 0 Å². The summed E-state index contributed by atoms with van der Waals surface area (Å²) < 4.78 is 13.4. The fraction of sp³-hybridized carbons (Fsp3) is 0.462. The lowest BCUT2D eigenvalue weighted by Crippen LogP contribution is -2.48. The molecule has 2 amide bonds. The molecule has 4 nitrogen and oxygen atoms in total. The van der Waals surface area contributed by atoms with Gasteiger partial charge in [0.1, 0.15) is 5.82 Å². The van der Waals surface area contributed by atoms with E-state index >= 15 is 0 Å². The van der Waals surface area contributed by atoms with Gasteiger partial charge in [0, 0.05) is 43.2 Å². The number of benzene rings is 2. The molecule has 1 atom stereocenters. The standard InChI is InChI=1S/C26H33FN2O2S2/c1-28(25(30)14-17-32-2)24(18-20-8-10-22(27)11-9-20)21-12-15-29(16-13-21)26(31)19-33-23-6-4-3-5-7-23/h3-11,21,24H,12-19H2,1-2H3/t24-/m0/s1. The van der Waals surface area contributed by atoms with Crippen molar-refractivity contribution >= 4 is 35.3 Å². The number of carbonyl (C=O) groups excluding carboxylic acids is 2. The van der Waals surface area contributed by atoms with Gasteiger partial charge in [-0.3, -0.25) is 9.59 Å². The highest BCUT2D eigenvalue weighted by Crippen LogP contribution is 2.28.